The van der Waals surface area contributed by atoms with Crippen LogP contribution >= 0.6 is 0 Å². The van der Waals surface area contributed by atoms with Gasteiger partial charge in [-0.25, -0.2) is 0 Å². The fraction of sp³-hybridized carbons (Fsp3) is 0.0794. The molecule has 0 saturated heterocycles. The average Bonchev–Trinajstić information content (AvgIpc) is 3.59. The van der Waals surface area contributed by atoms with E-state index in [2.05, 4.69) is 267 Å². The van der Waals surface area contributed by atoms with Crippen molar-refractivity contribution < 1.29 is 0 Å². The molecule has 316 valence electrons. The summed E-state index contributed by atoms with van der Waals surface area (Å²) in [5.74, 6) is 0. The fourth-order valence-electron chi connectivity index (χ4n) is 11.2. The number of benzene rings is 10. The minimum atomic E-state index is -2.21. The Morgan fingerprint density at radius 3 is 1.58 bits per heavy atom. The average molecular weight is 863 g/mol. The van der Waals surface area contributed by atoms with Gasteiger partial charge in [0.15, 0.2) is 0 Å². The maximum Gasteiger partial charge on any atom is 0.113 e. The summed E-state index contributed by atoms with van der Waals surface area (Å²) in [6, 6.07) is 85.3. The first-order chi connectivity index (χ1) is 32.3. The molecular formula is C63H50N2Si. The van der Waals surface area contributed by atoms with Crippen LogP contribution in [-0.4, -0.2) is 8.07 Å². The summed E-state index contributed by atoms with van der Waals surface area (Å²) in [7, 11) is -2.21. The summed E-state index contributed by atoms with van der Waals surface area (Å²) in [5.41, 5.74) is 19.8. The highest BCUT2D eigenvalue weighted by Crippen LogP contribution is 2.51. The van der Waals surface area contributed by atoms with Crippen molar-refractivity contribution in [1.29, 1.82) is 0 Å². The van der Waals surface area contributed by atoms with Crippen molar-refractivity contribution in [3.05, 3.63) is 242 Å². The van der Waals surface area contributed by atoms with Gasteiger partial charge in [-0.1, -0.05) is 191 Å². The Kier molecular flexibility index (Phi) is 9.34. The standard InChI is InChI=1S/C63H50N2Si/c1-63(2)57-28-16-14-26-52(57)53-37-35-48(41-58(53)63)64(45-21-10-6-11-22-45)49-36-38-54-56-40-39-50(55-27-18-30-60(62(55)56)66(3,4)61(54)42-49)44-31-33-47(34-32-44)65(46-23-12-7-13-24-46)59-29-17-15-25-51(59)43-19-8-5-9-20-43/h5-42H,1-4H3. The van der Waals surface area contributed by atoms with Gasteiger partial charge in [0.25, 0.3) is 0 Å². The maximum atomic E-state index is 2.54. The highest BCUT2D eigenvalue weighted by Gasteiger charge is 2.38. The molecule has 2 aliphatic rings. The smallest absolute Gasteiger partial charge is 0.113 e. The minimum absolute atomic E-state index is 0.0877. The molecule has 10 aromatic rings. The first-order valence-corrected chi connectivity index (χ1v) is 26.2. The summed E-state index contributed by atoms with van der Waals surface area (Å²) in [6.45, 7) is 9.82. The van der Waals surface area contributed by atoms with E-state index in [1.165, 1.54) is 88.2 Å². The van der Waals surface area contributed by atoms with Crippen LogP contribution in [0, 0.1) is 0 Å². The zero-order valence-corrected chi connectivity index (χ0v) is 38.8. The number of fused-ring (bicyclic) bond motifs is 5. The lowest BCUT2D eigenvalue weighted by Crippen LogP contribution is -2.56. The molecule has 0 N–H and O–H groups in total. The van der Waals surface area contributed by atoms with Crippen LogP contribution in [0.3, 0.4) is 0 Å². The van der Waals surface area contributed by atoms with Crippen LogP contribution in [0.15, 0.2) is 231 Å². The van der Waals surface area contributed by atoms with Gasteiger partial charge in [-0.3, -0.25) is 0 Å². The molecule has 3 heteroatoms. The number of rotatable bonds is 8. The molecule has 0 atom stereocenters. The molecule has 0 saturated carbocycles. The predicted octanol–water partition coefficient (Wildman–Crippen LogP) is 16.2. The lowest BCUT2D eigenvalue weighted by molar-refractivity contribution is 0.660. The third-order valence-corrected chi connectivity index (χ3v) is 18.0. The molecule has 1 aliphatic heterocycles. The number of anilines is 6. The topological polar surface area (TPSA) is 6.48 Å². The second-order valence-corrected chi connectivity index (χ2v) is 23.2. The molecular weight excluding hydrogens is 813 g/mol. The van der Waals surface area contributed by atoms with Gasteiger partial charge in [0.1, 0.15) is 8.07 Å². The Morgan fingerprint density at radius 1 is 0.333 bits per heavy atom. The van der Waals surface area contributed by atoms with Gasteiger partial charge in [0.2, 0.25) is 0 Å². The van der Waals surface area contributed by atoms with Gasteiger partial charge in [-0.2, -0.15) is 0 Å². The fourth-order valence-corrected chi connectivity index (χ4v) is 14.3. The van der Waals surface area contributed by atoms with Crippen molar-refractivity contribution in [2.24, 2.45) is 0 Å². The van der Waals surface area contributed by atoms with Crippen LogP contribution in [0.2, 0.25) is 13.1 Å². The zero-order valence-electron chi connectivity index (χ0n) is 37.8. The molecule has 0 radical (unpaired) electrons. The van der Waals surface area contributed by atoms with Gasteiger partial charge in [-0.05, 0) is 138 Å². The van der Waals surface area contributed by atoms with Crippen molar-refractivity contribution in [3.63, 3.8) is 0 Å². The SMILES string of the molecule is CC1(C)c2ccccc2-c2ccc(N(c3ccccc3)c3ccc4c(c3)[Si](C)(C)c3cccc5c(-c6ccc(N(c7ccccc7)c7ccccc7-c7ccccc7)cc6)ccc-4c35)cc21. The van der Waals surface area contributed by atoms with E-state index in [-0.39, 0.29) is 5.41 Å². The van der Waals surface area contributed by atoms with Crippen LogP contribution in [0.1, 0.15) is 25.0 Å². The zero-order chi connectivity index (χ0) is 44.6. The third-order valence-electron chi connectivity index (χ3n) is 14.5. The Bertz CT molecular complexity index is 3470. The molecule has 66 heavy (non-hydrogen) atoms. The Balaban J connectivity index is 0.945. The highest BCUT2D eigenvalue weighted by molar-refractivity contribution is 7.03. The lowest BCUT2D eigenvalue weighted by atomic mass is 9.82. The van der Waals surface area contributed by atoms with E-state index < -0.39 is 8.07 Å². The quantitative estimate of drug-likeness (QED) is 0.140. The monoisotopic (exact) mass is 862 g/mol. The van der Waals surface area contributed by atoms with Gasteiger partial charge in [0, 0.05) is 39.4 Å². The molecule has 1 aliphatic carbocycles. The first-order valence-electron chi connectivity index (χ1n) is 23.2. The molecule has 0 unspecified atom stereocenters. The summed E-state index contributed by atoms with van der Waals surface area (Å²) < 4.78 is 0. The Labute approximate surface area is 389 Å². The summed E-state index contributed by atoms with van der Waals surface area (Å²) in [6.07, 6.45) is 0. The minimum Gasteiger partial charge on any atom is -0.310 e. The number of hydrogen-bond acceptors (Lipinski definition) is 2. The van der Waals surface area contributed by atoms with Crippen LogP contribution in [0.25, 0.3) is 55.3 Å². The second-order valence-electron chi connectivity index (χ2n) is 18.9. The molecule has 10 aromatic carbocycles. The highest BCUT2D eigenvalue weighted by atomic mass is 28.3. The maximum absolute atomic E-state index is 2.54. The molecule has 0 aromatic heterocycles. The third kappa shape index (κ3) is 6.29. The normalized spacial score (nSPS) is 13.7. The Morgan fingerprint density at radius 2 is 0.848 bits per heavy atom. The van der Waals surface area contributed by atoms with Crippen LogP contribution in [-0.2, 0) is 5.41 Å². The van der Waals surface area contributed by atoms with Crippen molar-refractivity contribution in [2.45, 2.75) is 32.4 Å². The predicted molar refractivity (Wildman–Crippen MR) is 284 cm³/mol. The summed E-state index contributed by atoms with van der Waals surface area (Å²) >= 11 is 0. The molecule has 0 spiro atoms. The number of para-hydroxylation sites is 3. The van der Waals surface area contributed by atoms with Crippen LogP contribution < -0.4 is 20.2 Å². The second kappa shape index (κ2) is 15.5. The van der Waals surface area contributed by atoms with E-state index in [1.807, 2.05) is 0 Å². The molecule has 12 rings (SSSR count). The van der Waals surface area contributed by atoms with E-state index in [1.54, 1.807) is 0 Å². The van der Waals surface area contributed by atoms with E-state index in [4.69, 9.17) is 0 Å². The van der Waals surface area contributed by atoms with Gasteiger partial charge in [-0.15, -0.1) is 0 Å². The van der Waals surface area contributed by atoms with E-state index in [0.717, 1.165) is 22.7 Å². The van der Waals surface area contributed by atoms with Crippen molar-refractivity contribution >= 4 is 63.3 Å². The van der Waals surface area contributed by atoms with E-state index in [9.17, 15) is 0 Å². The van der Waals surface area contributed by atoms with E-state index in [0.29, 0.717) is 0 Å². The van der Waals surface area contributed by atoms with E-state index >= 15 is 0 Å². The number of nitrogens with zero attached hydrogens (tertiary/aromatic N) is 2. The summed E-state index contributed by atoms with van der Waals surface area (Å²) in [4.78, 5) is 4.85. The van der Waals surface area contributed by atoms with Gasteiger partial charge >= 0.3 is 0 Å². The van der Waals surface area contributed by atoms with Gasteiger partial charge < -0.3 is 9.80 Å². The van der Waals surface area contributed by atoms with Gasteiger partial charge in [0.05, 0.1) is 5.69 Å². The molecule has 0 amide bonds. The molecule has 0 fully saturated rings. The van der Waals surface area contributed by atoms with Crippen LogP contribution in [0.5, 0.6) is 0 Å². The van der Waals surface area contributed by atoms with Crippen molar-refractivity contribution in [2.75, 3.05) is 9.80 Å². The molecule has 2 nitrogen and oxygen atoms in total. The van der Waals surface area contributed by atoms with Crippen molar-refractivity contribution in [3.8, 4) is 44.5 Å². The number of hydrogen-bond donors (Lipinski definition) is 0. The summed E-state index contributed by atoms with van der Waals surface area (Å²) in [5, 5.41) is 5.69. The first kappa shape index (κ1) is 39.8. The lowest BCUT2D eigenvalue weighted by Gasteiger charge is -2.36. The molecule has 0 bridgehead atoms. The van der Waals surface area contributed by atoms with Crippen LogP contribution in [0.4, 0.5) is 34.1 Å². The Hall–Kier alpha value is -7.72. The van der Waals surface area contributed by atoms with Crippen molar-refractivity contribution in [1.82, 2.24) is 0 Å². The molecule has 1 heterocycles. The largest absolute Gasteiger partial charge is 0.310 e.